The van der Waals surface area contributed by atoms with Crippen LogP contribution in [0.2, 0.25) is 0 Å². The largest absolute Gasteiger partial charge is 0.496 e. The highest BCUT2D eigenvalue weighted by Gasteiger charge is 2.33. The van der Waals surface area contributed by atoms with Gasteiger partial charge in [-0.2, -0.15) is 0 Å². The Hall–Kier alpha value is -0.740. The summed E-state index contributed by atoms with van der Waals surface area (Å²) < 4.78 is 11.7. The Morgan fingerprint density at radius 3 is 2.41 bits per heavy atom. The average Bonchev–Trinajstić information content (AvgIpc) is 3.15. The topological polar surface area (TPSA) is 44.5 Å². The molecule has 3 nitrogen and oxygen atoms in total. The Labute approximate surface area is 110 Å². The minimum Gasteiger partial charge on any atom is -0.496 e. The van der Waals surface area contributed by atoms with Crippen LogP contribution in [0.15, 0.2) is 16.6 Å². The van der Waals surface area contributed by atoms with Crippen LogP contribution in [0, 0.1) is 5.92 Å². The van der Waals surface area contributed by atoms with Crippen molar-refractivity contribution in [2.75, 3.05) is 20.8 Å². The average molecular weight is 300 g/mol. The molecule has 1 unspecified atom stereocenters. The van der Waals surface area contributed by atoms with Gasteiger partial charge in [-0.25, -0.2) is 0 Å². The fourth-order valence-electron chi connectivity index (χ4n) is 2.25. The number of hydrogen-bond donors (Lipinski definition) is 1. The molecular formula is C13H18BrNO2. The molecule has 1 aliphatic carbocycles. The number of benzene rings is 1. The summed E-state index contributed by atoms with van der Waals surface area (Å²) in [6.07, 6.45) is 2.53. The normalized spacial score (nSPS) is 16.7. The molecule has 17 heavy (non-hydrogen) atoms. The van der Waals surface area contributed by atoms with Crippen molar-refractivity contribution >= 4 is 15.9 Å². The molecule has 0 aromatic heterocycles. The highest BCUT2D eigenvalue weighted by atomic mass is 79.9. The highest BCUT2D eigenvalue weighted by molar-refractivity contribution is 9.10. The summed E-state index contributed by atoms with van der Waals surface area (Å²) in [4.78, 5) is 0. The van der Waals surface area contributed by atoms with Crippen molar-refractivity contribution in [3.8, 4) is 11.5 Å². The lowest BCUT2D eigenvalue weighted by Crippen LogP contribution is -2.15. The van der Waals surface area contributed by atoms with Crippen LogP contribution >= 0.6 is 15.9 Å². The van der Waals surface area contributed by atoms with Crippen LogP contribution in [0.3, 0.4) is 0 Å². The first-order valence-corrected chi connectivity index (χ1v) is 6.62. The molecule has 0 aliphatic heterocycles. The van der Waals surface area contributed by atoms with Crippen LogP contribution in [-0.2, 0) is 0 Å². The summed E-state index contributed by atoms with van der Waals surface area (Å²) in [5, 5.41) is 0. The van der Waals surface area contributed by atoms with Gasteiger partial charge in [-0.15, -0.1) is 0 Å². The quantitative estimate of drug-likeness (QED) is 0.909. The number of hydrogen-bond acceptors (Lipinski definition) is 3. The molecule has 1 fully saturated rings. The predicted octanol–water partition coefficient (Wildman–Crippen LogP) is 2.92. The first-order chi connectivity index (χ1) is 8.21. The van der Waals surface area contributed by atoms with Crippen molar-refractivity contribution < 1.29 is 9.47 Å². The van der Waals surface area contributed by atoms with Gasteiger partial charge in [0, 0.05) is 11.5 Å². The molecule has 2 rings (SSSR count). The Morgan fingerprint density at radius 2 is 1.94 bits per heavy atom. The van der Waals surface area contributed by atoms with Gasteiger partial charge >= 0.3 is 0 Å². The highest BCUT2D eigenvalue weighted by Crippen LogP contribution is 2.46. The SMILES string of the molecule is COc1cc(C(CN)C2CC2)c(OC)cc1Br. The number of rotatable bonds is 5. The van der Waals surface area contributed by atoms with E-state index in [1.165, 1.54) is 12.8 Å². The van der Waals surface area contributed by atoms with E-state index in [0.717, 1.165) is 21.5 Å². The molecule has 1 saturated carbocycles. The summed E-state index contributed by atoms with van der Waals surface area (Å²) >= 11 is 3.47. The van der Waals surface area contributed by atoms with Crippen molar-refractivity contribution in [1.29, 1.82) is 0 Å². The summed E-state index contributed by atoms with van der Waals surface area (Å²) in [6.45, 7) is 0.659. The van der Waals surface area contributed by atoms with Crippen LogP contribution in [0.1, 0.15) is 24.3 Å². The minimum atomic E-state index is 0.381. The van der Waals surface area contributed by atoms with E-state index in [1.54, 1.807) is 14.2 Å². The monoisotopic (exact) mass is 299 g/mol. The van der Waals surface area contributed by atoms with Gasteiger partial charge in [-0.1, -0.05) is 0 Å². The van der Waals surface area contributed by atoms with Crippen molar-refractivity contribution in [1.82, 2.24) is 0 Å². The fourth-order valence-corrected chi connectivity index (χ4v) is 2.73. The molecule has 1 aromatic rings. The van der Waals surface area contributed by atoms with E-state index in [0.29, 0.717) is 18.4 Å². The number of halogens is 1. The summed E-state index contributed by atoms with van der Waals surface area (Å²) in [5.74, 6) is 2.81. The lowest BCUT2D eigenvalue weighted by atomic mass is 9.93. The summed E-state index contributed by atoms with van der Waals surface area (Å²) in [6, 6.07) is 4.00. The molecule has 4 heteroatoms. The maximum absolute atomic E-state index is 5.89. The zero-order valence-corrected chi connectivity index (χ0v) is 11.8. The Kier molecular flexibility index (Phi) is 3.94. The molecule has 94 valence electrons. The van der Waals surface area contributed by atoms with Crippen molar-refractivity contribution in [2.45, 2.75) is 18.8 Å². The second-order valence-corrected chi connectivity index (χ2v) is 5.26. The van der Waals surface area contributed by atoms with Crippen LogP contribution in [0.4, 0.5) is 0 Å². The van der Waals surface area contributed by atoms with Crippen LogP contribution in [0.5, 0.6) is 11.5 Å². The van der Waals surface area contributed by atoms with Gasteiger partial charge in [0.1, 0.15) is 11.5 Å². The minimum absolute atomic E-state index is 0.381. The van der Waals surface area contributed by atoms with Crippen LogP contribution < -0.4 is 15.2 Å². The van der Waals surface area contributed by atoms with Crippen molar-refractivity contribution in [3.05, 3.63) is 22.2 Å². The Morgan fingerprint density at radius 1 is 1.29 bits per heavy atom. The predicted molar refractivity (Wildman–Crippen MR) is 71.8 cm³/mol. The van der Waals surface area contributed by atoms with E-state index in [-0.39, 0.29) is 0 Å². The first-order valence-electron chi connectivity index (χ1n) is 5.82. The molecule has 2 N–H and O–H groups in total. The van der Waals surface area contributed by atoms with E-state index >= 15 is 0 Å². The lowest BCUT2D eigenvalue weighted by molar-refractivity contribution is 0.391. The van der Waals surface area contributed by atoms with E-state index < -0.39 is 0 Å². The molecule has 0 heterocycles. The van der Waals surface area contributed by atoms with Crippen LogP contribution in [0.25, 0.3) is 0 Å². The first kappa shape index (κ1) is 12.7. The fraction of sp³-hybridized carbons (Fsp3) is 0.538. The molecule has 0 spiro atoms. The third kappa shape index (κ3) is 2.58. The molecule has 0 amide bonds. The number of methoxy groups -OCH3 is 2. The summed E-state index contributed by atoms with van der Waals surface area (Å²) in [5.41, 5.74) is 7.06. The molecule has 1 aliphatic rings. The smallest absolute Gasteiger partial charge is 0.133 e. The van der Waals surface area contributed by atoms with Gasteiger partial charge in [-0.05, 0) is 53.4 Å². The molecule has 1 atom stereocenters. The molecule has 0 radical (unpaired) electrons. The Balaban J connectivity index is 2.41. The van der Waals surface area contributed by atoms with E-state index in [9.17, 15) is 0 Å². The van der Waals surface area contributed by atoms with Gasteiger partial charge in [-0.3, -0.25) is 0 Å². The molecule has 1 aromatic carbocycles. The van der Waals surface area contributed by atoms with E-state index in [1.807, 2.05) is 12.1 Å². The van der Waals surface area contributed by atoms with Gasteiger partial charge in [0.2, 0.25) is 0 Å². The van der Waals surface area contributed by atoms with E-state index in [2.05, 4.69) is 15.9 Å². The number of nitrogens with two attached hydrogens (primary N) is 1. The van der Waals surface area contributed by atoms with Crippen LogP contribution in [-0.4, -0.2) is 20.8 Å². The van der Waals surface area contributed by atoms with Crippen molar-refractivity contribution in [2.24, 2.45) is 11.7 Å². The lowest BCUT2D eigenvalue weighted by Gasteiger charge is -2.19. The standard InChI is InChI=1S/C13H18BrNO2/c1-16-12-6-11(14)13(17-2)5-9(12)10(7-15)8-3-4-8/h5-6,8,10H,3-4,7,15H2,1-2H3. The molecular weight excluding hydrogens is 282 g/mol. The Bertz CT molecular complexity index is 405. The zero-order valence-electron chi connectivity index (χ0n) is 10.2. The third-order valence-electron chi connectivity index (χ3n) is 3.35. The third-order valence-corrected chi connectivity index (χ3v) is 3.97. The van der Waals surface area contributed by atoms with Crippen molar-refractivity contribution in [3.63, 3.8) is 0 Å². The number of ether oxygens (including phenoxy) is 2. The molecule has 0 saturated heterocycles. The second-order valence-electron chi connectivity index (χ2n) is 4.41. The molecule has 0 bridgehead atoms. The van der Waals surface area contributed by atoms with Gasteiger partial charge in [0.05, 0.1) is 18.7 Å². The van der Waals surface area contributed by atoms with Gasteiger partial charge in [0.15, 0.2) is 0 Å². The second kappa shape index (κ2) is 5.27. The zero-order chi connectivity index (χ0) is 12.4. The van der Waals surface area contributed by atoms with Gasteiger partial charge in [0.25, 0.3) is 0 Å². The maximum Gasteiger partial charge on any atom is 0.133 e. The summed E-state index contributed by atoms with van der Waals surface area (Å²) in [7, 11) is 3.36. The van der Waals surface area contributed by atoms with E-state index in [4.69, 9.17) is 15.2 Å². The van der Waals surface area contributed by atoms with Gasteiger partial charge < -0.3 is 15.2 Å². The maximum atomic E-state index is 5.89.